The van der Waals surface area contributed by atoms with Gasteiger partial charge in [-0.2, -0.15) is 9.97 Å². The first kappa shape index (κ1) is 33.4. The zero-order valence-corrected chi connectivity index (χ0v) is 27.7. The predicted molar refractivity (Wildman–Crippen MR) is 184 cm³/mol. The van der Waals surface area contributed by atoms with Crippen molar-refractivity contribution in [3.63, 3.8) is 0 Å². The Labute approximate surface area is 284 Å². The number of phenolic OH excluding ortho intramolecular Hbond substituents is 1. The quantitative estimate of drug-likeness (QED) is 0.245. The number of aromatic nitrogens is 3. The summed E-state index contributed by atoms with van der Waals surface area (Å²) in [4.78, 5) is 16.2. The van der Waals surface area contributed by atoms with E-state index >= 15 is 4.39 Å². The molecule has 3 atom stereocenters. The number of anilines is 1. The summed E-state index contributed by atoms with van der Waals surface area (Å²) >= 11 is 0. The molecule has 49 heavy (non-hydrogen) atoms. The van der Waals surface area contributed by atoms with Crippen molar-refractivity contribution in [3.8, 4) is 35.4 Å². The van der Waals surface area contributed by atoms with Crippen LogP contribution in [0.3, 0.4) is 0 Å². The highest BCUT2D eigenvalue weighted by atomic mass is 19.1. The number of nitrogens with one attached hydrogen (secondary N) is 2. The van der Waals surface area contributed by atoms with E-state index in [1.807, 2.05) is 0 Å². The van der Waals surface area contributed by atoms with Gasteiger partial charge in [-0.3, -0.25) is 9.88 Å². The normalized spacial score (nSPS) is 24.0. The molecule has 0 radical (unpaired) electrons. The number of phenols is 1. The summed E-state index contributed by atoms with van der Waals surface area (Å²) < 4.78 is 50.3. The fraction of sp³-hybridized carbons (Fsp3) is 0.486. The summed E-state index contributed by atoms with van der Waals surface area (Å²) in [5.41, 5.74) is -0.252. The molecule has 5 heterocycles. The lowest BCUT2D eigenvalue weighted by atomic mass is 9.94. The maximum Gasteiger partial charge on any atom is 0.319 e. The van der Waals surface area contributed by atoms with Gasteiger partial charge in [0, 0.05) is 56.0 Å². The Hall–Kier alpha value is -4.15. The van der Waals surface area contributed by atoms with Crippen LogP contribution in [0.2, 0.25) is 0 Å². The minimum absolute atomic E-state index is 0.0165. The molecule has 2 aromatic carbocycles. The zero-order chi connectivity index (χ0) is 34.0. The van der Waals surface area contributed by atoms with Crippen LogP contribution >= 0.6 is 0 Å². The fourth-order valence-corrected chi connectivity index (χ4v) is 7.64. The largest absolute Gasteiger partial charge is 0.508 e. The highest BCUT2D eigenvalue weighted by Gasteiger charge is 2.49. The Morgan fingerprint density at radius 3 is 2.92 bits per heavy atom. The minimum atomic E-state index is -0.765. The third-order valence-corrected chi connectivity index (χ3v) is 9.95. The molecule has 0 amide bonds. The van der Waals surface area contributed by atoms with Gasteiger partial charge in [-0.15, -0.1) is 6.42 Å². The van der Waals surface area contributed by atoms with E-state index in [1.54, 1.807) is 0 Å². The number of hydrogen-bond acceptors (Lipinski definition) is 10. The van der Waals surface area contributed by atoms with Gasteiger partial charge in [0.1, 0.15) is 35.2 Å². The fourth-order valence-electron chi connectivity index (χ4n) is 7.64. The Kier molecular flexibility index (Phi) is 9.78. The van der Waals surface area contributed by atoms with Crippen molar-refractivity contribution in [1.29, 1.82) is 0 Å². The molecule has 0 saturated carbocycles. The van der Waals surface area contributed by atoms with E-state index in [1.165, 1.54) is 30.5 Å². The Balaban J connectivity index is 1.29. The predicted octanol–water partition coefficient (Wildman–Crippen LogP) is 5.40. The number of fused-ring (bicyclic) bond motifs is 6. The molecule has 10 nitrogen and oxygen atoms in total. The van der Waals surface area contributed by atoms with Crippen molar-refractivity contribution in [2.45, 2.75) is 63.1 Å². The highest BCUT2D eigenvalue weighted by molar-refractivity contribution is 6.02. The van der Waals surface area contributed by atoms with E-state index in [-0.39, 0.29) is 57.2 Å². The summed E-state index contributed by atoms with van der Waals surface area (Å²) in [5.74, 6) is 1.23. The summed E-state index contributed by atoms with van der Waals surface area (Å²) in [7, 11) is 0. The number of benzene rings is 2. The molecule has 258 valence electrons. The van der Waals surface area contributed by atoms with Gasteiger partial charge >= 0.3 is 6.01 Å². The second-order valence-electron chi connectivity index (χ2n) is 13.3. The maximum atomic E-state index is 16.8. The van der Waals surface area contributed by atoms with Crippen LogP contribution in [0.15, 0.2) is 30.5 Å². The molecule has 3 aliphatic rings. The second-order valence-corrected chi connectivity index (χ2v) is 13.3. The molecule has 0 aliphatic carbocycles. The third kappa shape index (κ3) is 6.73. The van der Waals surface area contributed by atoms with Crippen LogP contribution in [0.1, 0.15) is 51.0 Å². The van der Waals surface area contributed by atoms with E-state index in [0.29, 0.717) is 56.1 Å². The molecular weight excluding hydrogens is 630 g/mol. The SMILES string of the molecule is C#Cc1c(F)ccc2cc(O)cc(-c3ncc4c5nc(nc4c3F)OCC34CCCN3CC(C4)OCCCOCC(CCC)NCCN5)c12. The Morgan fingerprint density at radius 1 is 1.16 bits per heavy atom. The average molecular weight is 673 g/mol. The first-order chi connectivity index (χ1) is 23.9. The average Bonchev–Trinajstić information content (AvgIpc) is 3.64. The number of nitrogens with zero attached hydrogens (tertiary/aromatic N) is 4. The second kappa shape index (κ2) is 14.4. The van der Waals surface area contributed by atoms with Gasteiger partial charge in [-0.25, -0.2) is 8.78 Å². The van der Waals surface area contributed by atoms with E-state index in [2.05, 4.69) is 38.3 Å². The highest BCUT2D eigenvalue weighted by Crippen LogP contribution is 2.41. The summed E-state index contributed by atoms with van der Waals surface area (Å²) in [6.45, 7) is 7.28. The van der Waals surface area contributed by atoms with Gasteiger partial charge in [0.25, 0.3) is 0 Å². The molecule has 2 aromatic heterocycles. The molecular formula is C37H42F2N6O4. The van der Waals surface area contributed by atoms with Crippen molar-refractivity contribution < 1.29 is 28.1 Å². The summed E-state index contributed by atoms with van der Waals surface area (Å²) in [6, 6.07) is 5.73. The van der Waals surface area contributed by atoms with Crippen molar-refractivity contribution in [2.75, 3.05) is 57.9 Å². The minimum Gasteiger partial charge on any atom is -0.508 e. The molecule has 2 saturated heterocycles. The Bertz CT molecular complexity index is 1890. The van der Waals surface area contributed by atoms with Gasteiger partial charge in [0.15, 0.2) is 5.82 Å². The molecule has 4 bridgehead atoms. The van der Waals surface area contributed by atoms with E-state index in [4.69, 9.17) is 25.6 Å². The first-order valence-electron chi connectivity index (χ1n) is 17.2. The van der Waals surface area contributed by atoms with E-state index in [9.17, 15) is 9.50 Å². The molecule has 3 N–H and O–H groups in total. The lowest BCUT2D eigenvalue weighted by molar-refractivity contribution is 0.0323. The van der Waals surface area contributed by atoms with Gasteiger partial charge in [0.2, 0.25) is 0 Å². The number of pyridine rings is 1. The number of terminal acetylenes is 1. The van der Waals surface area contributed by atoms with Gasteiger partial charge < -0.3 is 30.0 Å². The van der Waals surface area contributed by atoms with E-state index in [0.717, 1.165) is 51.6 Å². The molecule has 3 unspecified atom stereocenters. The topological polar surface area (TPSA) is 114 Å². The van der Waals surface area contributed by atoms with Crippen LogP contribution in [0.4, 0.5) is 14.6 Å². The molecule has 4 aromatic rings. The van der Waals surface area contributed by atoms with Gasteiger partial charge in [-0.1, -0.05) is 25.3 Å². The number of halogens is 2. The van der Waals surface area contributed by atoms with Gasteiger partial charge in [-0.05, 0) is 62.2 Å². The number of rotatable bonds is 3. The third-order valence-electron chi connectivity index (χ3n) is 9.95. The van der Waals surface area contributed by atoms with Crippen LogP contribution in [0, 0.1) is 24.0 Å². The standard InChI is InChI=1S/C37H42F2N6O4/c1-3-7-24-21-47-14-6-15-48-26-18-37(10-5-13-45(37)20-26)22-49-36-43-34-29(35(44-36)41-12-11-40-24)19-42-33(32(34)39)28-17-25(46)16-23-8-9-30(38)27(4-2)31(23)28/h2,8-9,16-17,19,24,26,40,46H,3,5-7,10-15,18,20-22H2,1H3,(H,41,43,44). The maximum absolute atomic E-state index is 16.8. The number of ether oxygens (including phenoxy) is 3. The van der Waals surface area contributed by atoms with Crippen LogP contribution in [-0.4, -0.2) is 95.2 Å². The molecule has 12 heteroatoms. The Morgan fingerprint density at radius 2 is 2.06 bits per heavy atom. The van der Waals surface area contributed by atoms with Crippen LogP contribution in [-0.2, 0) is 9.47 Å². The lowest BCUT2D eigenvalue weighted by Crippen LogP contribution is -2.43. The number of aromatic hydroxyl groups is 1. The van der Waals surface area contributed by atoms with Gasteiger partial charge in [0.05, 0.1) is 29.2 Å². The van der Waals surface area contributed by atoms with Crippen molar-refractivity contribution in [1.82, 2.24) is 25.2 Å². The van der Waals surface area contributed by atoms with Crippen molar-refractivity contribution in [2.24, 2.45) is 0 Å². The summed E-state index contributed by atoms with van der Waals surface area (Å²) in [5, 5.41) is 18.5. The first-order valence-corrected chi connectivity index (χ1v) is 17.2. The molecule has 1 spiro atoms. The smallest absolute Gasteiger partial charge is 0.319 e. The molecule has 7 rings (SSSR count). The van der Waals surface area contributed by atoms with Crippen molar-refractivity contribution >= 4 is 27.5 Å². The van der Waals surface area contributed by atoms with Crippen molar-refractivity contribution in [3.05, 3.63) is 47.7 Å². The molecule has 2 fully saturated rings. The number of hydrogen-bond donors (Lipinski definition) is 3. The van der Waals surface area contributed by atoms with E-state index < -0.39 is 11.6 Å². The van der Waals surface area contributed by atoms with Crippen LogP contribution in [0.25, 0.3) is 32.9 Å². The van der Waals surface area contributed by atoms with Crippen LogP contribution < -0.4 is 15.4 Å². The molecule has 3 aliphatic heterocycles. The zero-order valence-electron chi connectivity index (χ0n) is 27.7. The monoisotopic (exact) mass is 672 g/mol. The van der Waals surface area contributed by atoms with Crippen LogP contribution in [0.5, 0.6) is 11.8 Å². The lowest BCUT2D eigenvalue weighted by Gasteiger charge is -2.31. The summed E-state index contributed by atoms with van der Waals surface area (Å²) in [6.07, 6.45) is 12.9.